The Labute approximate surface area is 148 Å². The van der Waals surface area contributed by atoms with Crippen molar-refractivity contribution in [1.82, 2.24) is 20.5 Å². The Bertz CT molecular complexity index is 595. The molecule has 7 nitrogen and oxygen atoms in total. The van der Waals surface area contributed by atoms with Gasteiger partial charge in [0.25, 0.3) is 0 Å². The lowest BCUT2D eigenvalue weighted by molar-refractivity contribution is -0.120. The van der Waals surface area contributed by atoms with E-state index in [1.165, 1.54) is 39.2 Å². The fourth-order valence-corrected chi connectivity index (χ4v) is 3.91. The smallest absolute Gasteiger partial charge is 0.321 e. The molecule has 1 saturated heterocycles. The molecule has 0 aromatic carbocycles. The fourth-order valence-electron chi connectivity index (χ4n) is 3.91. The Kier molecular flexibility index (Phi) is 6.07. The zero-order valence-corrected chi connectivity index (χ0v) is 14.9. The number of nitrogens with one attached hydrogen (secondary N) is 2. The first-order chi connectivity index (χ1) is 12.2. The second-order valence-electron chi connectivity index (χ2n) is 7.02. The summed E-state index contributed by atoms with van der Waals surface area (Å²) in [6.45, 7) is 1.54. The number of likely N-dealkylation sites (tertiary alicyclic amines) is 1. The molecule has 2 aliphatic rings. The average molecular weight is 348 g/mol. The van der Waals surface area contributed by atoms with Crippen molar-refractivity contribution in [2.24, 2.45) is 0 Å². The minimum absolute atomic E-state index is 0.144. The molecule has 138 valence electrons. The van der Waals surface area contributed by atoms with Gasteiger partial charge in [-0.05, 0) is 32.2 Å². The highest BCUT2D eigenvalue weighted by Crippen LogP contribution is 2.35. The first kappa shape index (κ1) is 17.9. The number of amides is 3. The van der Waals surface area contributed by atoms with Crippen LogP contribution in [-0.4, -0.2) is 42.0 Å². The van der Waals surface area contributed by atoms with Crippen molar-refractivity contribution >= 4 is 11.9 Å². The lowest BCUT2D eigenvalue weighted by Gasteiger charge is -2.21. The van der Waals surface area contributed by atoms with E-state index in [1.807, 2.05) is 6.26 Å². The molecule has 1 aromatic heterocycles. The van der Waals surface area contributed by atoms with Crippen LogP contribution in [0.1, 0.15) is 74.9 Å². The number of aromatic nitrogens is 1. The summed E-state index contributed by atoms with van der Waals surface area (Å²) in [5.41, 5.74) is 1.10. The predicted molar refractivity (Wildman–Crippen MR) is 93.1 cm³/mol. The van der Waals surface area contributed by atoms with Gasteiger partial charge in [-0.15, -0.1) is 0 Å². The first-order valence-electron chi connectivity index (χ1n) is 9.38. The number of carbonyl (C=O) groups excluding carboxylic acids is 2. The van der Waals surface area contributed by atoms with Crippen molar-refractivity contribution in [2.45, 2.75) is 63.3 Å². The molecular formula is C18H28N4O3. The molecule has 0 unspecified atom stereocenters. The van der Waals surface area contributed by atoms with Crippen molar-refractivity contribution < 1.29 is 14.0 Å². The van der Waals surface area contributed by atoms with Crippen LogP contribution in [0.5, 0.6) is 0 Å². The van der Waals surface area contributed by atoms with Crippen LogP contribution in [0.15, 0.2) is 10.7 Å². The number of carbonyl (C=O) groups is 2. The molecule has 3 amide bonds. The minimum atomic E-state index is -0.465. The van der Waals surface area contributed by atoms with Gasteiger partial charge in [-0.2, -0.15) is 0 Å². The highest BCUT2D eigenvalue weighted by molar-refractivity contribution is 5.94. The van der Waals surface area contributed by atoms with Crippen LogP contribution in [-0.2, 0) is 4.79 Å². The number of rotatable bonds is 5. The molecule has 0 radical (unpaired) electrons. The molecule has 1 saturated carbocycles. The molecule has 7 heteroatoms. The van der Waals surface area contributed by atoms with Crippen LogP contribution in [0.2, 0.25) is 0 Å². The first-order valence-corrected chi connectivity index (χ1v) is 9.38. The molecule has 25 heavy (non-hydrogen) atoms. The van der Waals surface area contributed by atoms with Gasteiger partial charge in [0.2, 0.25) is 11.8 Å². The lowest BCUT2D eigenvalue weighted by Crippen LogP contribution is -2.39. The number of urea groups is 1. The van der Waals surface area contributed by atoms with Crippen LogP contribution < -0.4 is 10.6 Å². The van der Waals surface area contributed by atoms with E-state index in [0.29, 0.717) is 18.9 Å². The Morgan fingerprint density at radius 3 is 2.80 bits per heavy atom. The molecule has 2 N–H and O–H groups in total. The largest absolute Gasteiger partial charge is 0.447 e. The molecule has 1 atom stereocenters. The molecular weight excluding hydrogens is 320 g/mol. The van der Waals surface area contributed by atoms with Crippen LogP contribution in [0.4, 0.5) is 4.79 Å². The molecule has 2 fully saturated rings. The molecule has 0 bridgehead atoms. The van der Waals surface area contributed by atoms with Crippen LogP contribution in [0.25, 0.3) is 0 Å². The second kappa shape index (κ2) is 8.47. The highest BCUT2D eigenvalue weighted by Gasteiger charge is 2.31. The second-order valence-corrected chi connectivity index (χ2v) is 7.02. The summed E-state index contributed by atoms with van der Waals surface area (Å²) in [6, 6.07) is -0.321. The van der Waals surface area contributed by atoms with Crippen LogP contribution >= 0.6 is 0 Å². The third-order valence-electron chi connectivity index (χ3n) is 5.32. The highest BCUT2D eigenvalue weighted by atomic mass is 16.3. The fraction of sp³-hybridized carbons (Fsp3) is 0.722. The maximum atomic E-state index is 11.8. The monoisotopic (exact) mass is 348 g/mol. The van der Waals surface area contributed by atoms with Crippen molar-refractivity contribution in [1.29, 1.82) is 0 Å². The molecule has 0 spiro atoms. The quantitative estimate of drug-likeness (QED) is 0.854. The van der Waals surface area contributed by atoms with Gasteiger partial charge in [0.1, 0.15) is 6.26 Å². The molecule has 3 rings (SSSR count). The Balaban J connectivity index is 1.55. The molecule has 1 aromatic rings. The van der Waals surface area contributed by atoms with Gasteiger partial charge in [0.15, 0.2) is 0 Å². The Morgan fingerprint density at radius 1 is 1.24 bits per heavy atom. The summed E-state index contributed by atoms with van der Waals surface area (Å²) in [7, 11) is 1.49. The van der Waals surface area contributed by atoms with Gasteiger partial charge < -0.3 is 9.73 Å². The number of hydrogen-bond acceptors (Lipinski definition) is 5. The van der Waals surface area contributed by atoms with E-state index < -0.39 is 6.03 Å². The van der Waals surface area contributed by atoms with E-state index >= 15 is 0 Å². The SMILES string of the molecule is CNC(=O)NC(=O)CCN1CCC[C@H]1c1nc(C2CCCCC2)co1. The molecule has 1 aliphatic heterocycles. The molecule has 2 heterocycles. The summed E-state index contributed by atoms with van der Waals surface area (Å²) in [5.74, 6) is 1.06. The summed E-state index contributed by atoms with van der Waals surface area (Å²) >= 11 is 0. The van der Waals surface area contributed by atoms with E-state index in [-0.39, 0.29) is 11.9 Å². The van der Waals surface area contributed by atoms with E-state index in [0.717, 1.165) is 31.0 Å². The standard InChI is InChI=1S/C18H28N4O3/c1-19-18(24)21-16(23)9-11-22-10-5-8-15(22)17-20-14(12-25-17)13-6-3-2-4-7-13/h12-13,15H,2-11H2,1H3,(H2,19,21,23,24)/t15-/m0/s1. The van der Waals surface area contributed by atoms with Gasteiger partial charge in [-0.25, -0.2) is 9.78 Å². The number of imide groups is 1. The van der Waals surface area contributed by atoms with Gasteiger partial charge in [-0.1, -0.05) is 19.3 Å². The van der Waals surface area contributed by atoms with Crippen LogP contribution in [0.3, 0.4) is 0 Å². The van der Waals surface area contributed by atoms with Crippen LogP contribution in [0, 0.1) is 0 Å². The summed E-state index contributed by atoms with van der Waals surface area (Å²) in [4.78, 5) is 30.0. The number of oxazole rings is 1. The lowest BCUT2D eigenvalue weighted by atomic mass is 9.87. The van der Waals surface area contributed by atoms with Crippen molar-refractivity contribution in [3.63, 3.8) is 0 Å². The maximum Gasteiger partial charge on any atom is 0.321 e. The van der Waals surface area contributed by atoms with Crippen molar-refractivity contribution in [2.75, 3.05) is 20.1 Å². The summed E-state index contributed by atoms with van der Waals surface area (Å²) < 4.78 is 5.80. The minimum Gasteiger partial charge on any atom is -0.447 e. The number of nitrogens with zero attached hydrogens (tertiary/aromatic N) is 2. The maximum absolute atomic E-state index is 11.8. The average Bonchev–Trinajstić information content (AvgIpc) is 3.29. The van der Waals surface area contributed by atoms with Gasteiger partial charge in [0.05, 0.1) is 11.7 Å². The zero-order valence-electron chi connectivity index (χ0n) is 14.9. The topological polar surface area (TPSA) is 87.5 Å². The Morgan fingerprint density at radius 2 is 2.04 bits per heavy atom. The van der Waals surface area contributed by atoms with Crippen molar-refractivity contribution in [3.05, 3.63) is 17.8 Å². The van der Waals surface area contributed by atoms with E-state index in [2.05, 4.69) is 15.5 Å². The predicted octanol–water partition coefficient (Wildman–Crippen LogP) is 2.70. The molecule has 1 aliphatic carbocycles. The Hall–Kier alpha value is -1.89. The van der Waals surface area contributed by atoms with E-state index in [9.17, 15) is 9.59 Å². The third-order valence-corrected chi connectivity index (χ3v) is 5.32. The van der Waals surface area contributed by atoms with Gasteiger partial charge in [0, 0.05) is 25.9 Å². The van der Waals surface area contributed by atoms with Gasteiger partial charge in [-0.3, -0.25) is 15.0 Å². The zero-order chi connectivity index (χ0) is 17.6. The van der Waals surface area contributed by atoms with E-state index in [1.54, 1.807) is 0 Å². The number of hydrogen-bond donors (Lipinski definition) is 2. The normalized spacial score (nSPS) is 22.0. The van der Waals surface area contributed by atoms with E-state index in [4.69, 9.17) is 9.40 Å². The summed E-state index contributed by atoms with van der Waals surface area (Å²) in [5, 5.41) is 4.68. The third kappa shape index (κ3) is 4.60. The van der Waals surface area contributed by atoms with Crippen molar-refractivity contribution in [3.8, 4) is 0 Å². The van der Waals surface area contributed by atoms with Gasteiger partial charge >= 0.3 is 6.03 Å². The summed E-state index contributed by atoms with van der Waals surface area (Å²) in [6.07, 6.45) is 10.5.